The number of hydrogen-bond donors (Lipinski definition) is 3. The second kappa shape index (κ2) is 5.14. The van der Waals surface area contributed by atoms with Crippen molar-refractivity contribution in [2.75, 3.05) is 12.4 Å². The molecule has 5 heteroatoms. The molecule has 0 bridgehead atoms. The van der Waals surface area contributed by atoms with Gasteiger partial charge in [0.25, 0.3) is 5.91 Å². The van der Waals surface area contributed by atoms with E-state index in [1.165, 1.54) is 0 Å². The molecule has 0 spiro atoms. The Hall–Kier alpha value is -2.46. The van der Waals surface area contributed by atoms with Crippen molar-refractivity contribution in [1.82, 2.24) is 4.98 Å². The molecule has 1 heterocycles. The molecule has 21 heavy (non-hydrogen) atoms. The third-order valence-corrected chi connectivity index (χ3v) is 3.69. The molecule has 1 amide bonds. The molecule has 4 N–H and O–H groups in total. The highest BCUT2D eigenvalue weighted by molar-refractivity contribution is 6.30. The number of benzene rings is 2. The standard InChI is InChI=1S/C16H14ClN3O/c1-19-16-14(15(18)21)12-6-5-10(8-13(12)20-16)9-3-2-4-11(17)7-9/h2-8,19-20H,1H3,(H2,18,21). The lowest BCUT2D eigenvalue weighted by Crippen LogP contribution is -2.12. The van der Waals surface area contributed by atoms with Gasteiger partial charge in [0.05, 0.1) is 5.56 Å². The largest absolute Gasteiger partial charge is 0.374 e. The van der Waals surface area contributed by atoms with Crippen molar-refractivity contribution >= 4 is 34.2 Å². The third kappa shape index (κ3) is 2.34. The van der Waals surface area contributed by atoms with Gasteiger partial charge in [-0.1, -0.05) is 35.9 Å². The number of nitrogens with two attached hydrogens (primary N) is 1. The summed E-state index contributed by atoms with van der Waals surface area (Å²) < 4.78 is 0. The van der Waals surface area contributed by atoms with Crippen molar-refractivity contribution in [2.24, 2.45) is 5.73 Å². The van der Waals surface area contributed by atoms with Gasteiger partial charge in [-0.3, -0.25) is 4.79 Å². The first-order chi connectivity index (χ1) is 10.1. The molecule has 0 atom stereocenters. The number of aromatic amines is 1. The summed E-state index contributed by atoms with van der Waals surface area (Å²) in [4.78, 5) is 14.8. The summed E-state index contributed by atoms with van der Waals surface area (Å²) in [6.45, 7) is 0. The molecular weight excluding hydrogens is 286 g/mol. The molecule has 4 nitrogen and oxygen atoms in total. The van der Waals surface area contributed by atoms with Crippen LogP contribution in [0.25, 0.3) is 22.0 Å². The van der Waals surface area contributed by atoms with E-state index in [1.807, 2.05) is 42.5 Å². The summed E-state index contributed by atoms with van der Waals surface area (Å²) in [7, 11) is 1.75. The average molecular weight is 300 g/mol. The molecule has 0 aliphatic carbocycles. The van der Waals surface area contributed by atoms with Gasteiger partial charge in [-0.25, -0.2) is 0 Å². The van der Waals surface area contributed by atoms with Gasteiger partial charge in [-0.05, 0) is 29.3 Å². The molecule has 0 aliphatic heterocycles. The first kappa shape index (κ1) is 13.5. The Morgan fingerprint density at radius 2 is 1.95 bits per heavy atom. The van der Waals surface area contributed by atoms with Crippen molar-refractivity contribution in [1.29, 1.82) is 0 Å². The van der Waals surface area contributed by atoms with E-state index in [4.69, 9.17) is 17.3 Å². The Balaban J connectivity index is 2.19. The molecule has 2 aromatic carbocycles. The summed E-state index contributed by atoms with van der Waals surface area (Å²) in [6.07, 6.45) is 0. The lowest BCUT2D eigenvalue weighted by Gasteiger charge is -2.03. The van der Waals surface area contributed by atoms with E-state index in [1.54, 1.807) is 7.05 Å². The third-order valence-electron chi connectivity index (χ3n) is 3.45. The Morgan fingerprint density at radius 3 is 2.62 bits per heavy atom. The van der Waals surface area contributed by atoms with E-state index in [9.17, 15) is 4.79 Å². The molecule has 1 aromatic heterocycles. The highest BCUT2D eigenvalue weighted by Gasteiger charge is 2.15. The maximum absolute atomic E-state index is 11.6. The van der Waals surface area contributed by atoms with Gasteiger partial charge in [0, 0.05) is 23.0 Å². The van der Waals surface area contributed by atoms with Gasteiger partial charge >= 0.3 is 0 Å². The Bertz CT molecular complexity index is 839. The predicted octanol–water partition coefficient (Wildman–Crippen LogP) is 3.63. The molecule has 106 valence electrons. The van der Waals surface area contributed by atoms with Crippen LogP contribution in [0.2, 0.25) is 5.02 Å². The van der Waals surface area contributed by atoms with Gasteiger partial charge in [-0.2, -0.15) is 0 Å². The van der Waals surface area contributed by atoms with E-state index in [-0.39, 0.29) is 0 Å². The fraction of sp³-hybridized carbons (Fsp3) is 0.0625. The SMILES string of the molecule is CNc1[nH]c2cc(-c3cccc(Cl)c3)ccc2c1C(N)=O. The quantitative estimate of drug-likeness (QED) is 0.691. The number of H-pyrrole nitrogens is 1. The summed E-state index contributed by atoms with van der Waals surface area (Å²) in [5.41, 5.74) is 8.82. The minimum Gasteiger partial charge on any atom is -0.374 e. The monoisotopic (exact) mass is 299 g/mol. The highest BCUT2D eigenvalue weighted by Crippen LogP contribution is 2.30. The Kier molecular flexibility index (Phi) is 3.31. The van der Waals surface area contributed by atoms with Crippen LogP contribution in [0.5, 0.6) is 0 Å². The molecule has 0 aliphatic rings. The fourth-order valence-corrected chi connectivity index (χ4v) is 2.68. The lowest BCUT2D eigenvalue weighted by atomic mass is 10.0. The molecule has 3 rings (SSSR count). The number of primary amides is 1. The van der Waals surface area contributed by atoms with Crippen molar-refractivity contribution in [2.45, 2.75) is 0 Å². The topological polar surface area (TPSA) is 70.9 Å². The number of halogens is 1. The summed E-state index contributed by atoms with van der Waals surface area (Å²) in [5, 5.41) is 4.45. The summed E-state index contributed by atoms with van der Waals surface area (Å²) in [5.74, 6) is 0.168. The normalized spacial score (nSPS) is 10.8. The van der Waals surface area contributed by atoms with Crippen molar-refractivity contribution in [3.05, 3.63) is 53.1 Å². The number of anilines is 1. The lowest BCUT2D eigenvalue weighted by molar-refractivity contribution is 0.100. The minimum atomic E-state index is -0.457. The van der Waals surface area contributed by atoms with Crippen LogP contribution in [0, 0.1) is 0 Å². The number of fused-ring (bicyclic) bond motifs is 1. The van der Waals surface area contributed by atoms with Crippen molar-refractivity contribution < 1.29 is 4.79 Å². The number of carbonyl (C=O) groups is 1. The number of rotatable bonds is 3. The van der Waals surface area contributed by atoms with Crippen LogP contribution in [0.4, 0.5) is 5.82 Å². The maximum atomic E-state index is 11.6. The van der Waals surface area contributed by atoms with Gasteiger partial charge in [0.1, 0.15) is 5.82 Å². The van der Waals surface area contributed by atoms with Crippen molar-refractivity contribution in [3.63, 3.8) is 0 Å². The van der Waals surface area contributed by atoms with Gasteiger partial charge in [-0.15, -0.1) is 0 Å². The maximum Gasteiger partial charge on any atom is 0.253 e. The van der Waals surface area contributed by atoms with Crippen molar-refractivity contribution in [3.8, 4) is 11.1 Å². The molecule has 0 saturated heterocycles. The van der Waals surface area contributed by atoms with Crippen LogP contribution in [0.1, 0.15) is 10.4 Å². The molecule has 3 aromatic rings. The van der Waals surface area contributed by atoms with E-state index in [2.05, 4.69) is 10.3 Å². The first-order valence-corrected chi connectivity index (χ1v) is 6.87. The molecule has 0 radical (unpaired) electrons. The summed E-state index contributed by atoms with van der Waals surface area (Å²) in [6, 6.07) is 13.5. The highest BCUT2D eigenvalue weighted by atomic mass is 35.5. The summed E-state index contributed by atoms with van der Waals surface area (Å²) >= 11 is 6.03. The zero-order valence-corrected chi connectivity index (χ0v) is 12.2. The van der Waals surface area contributed by atoms with E-state index >= 15 is 0 Å². The zero-order valence-electron chi connectivity index (χ0n) is 11.4. The Morgan fingerprint density at radius 1 is 1.19 bits per heavy atom. The number of hydrogen-bond acceptors (Lipinski definition) is 2. The average Bonchev–Trinajstić information content (AvgIpc) is 2.84. The number of aromatic nitrogens is 1. The second-order valence-electron chi connectivity index (χ2n) is 4.76. The molecule has 0 unspecified atom stereocenters. The number of nitrogens with one attached hydrogen (secondary N) is 2. The molecular formula is C16H14ClN3O. The predicted molar refractivity (Wildman–Crippen MR) is 86.8 cm³/mol. The van der Waals surface area contributed by atoms with Crippen LogP contribution < -0.4 is 11.1 Å². The fourth-order valence-electron chi connectivity index (χ4n) is 2.49. The molecule has 0 fully saturated rings. The van der Waals surface area contributed by atoms with Crippen LogP contribution in [-0.2, 0) is 0 Å². The molecule has 0 saturated carbocycles. The Labute approximate surface area is 126 Å². The van der Waals surface area contributed by atoms with Gasteiger partial charge in [0.15, 0.2) is 0 Å². The van der Waals surface area contributed by atoms with E-state index in [0.29, 0.717) is 16.4 Å². The van der Waals surface area contributed by atoms with Gasteiger partial charge < -0.3 is 16.0 Å². The van der Waals surface area contributed by atoms with Gasteiger partial charge in [0.2, 0.25) is 0 Å². The van der Waals surface area contributed by atoms with Crippen LogP contribution in [-0.4, -0.2) is 17.9 Å². The second-order valence-corrected chi connectivity index (χ2v) is 5.20. The first-order valence-electron chi connectivity index (χ1n) is 6.49. The van der Waals surface area contributed by atoms with Crippen LogP contribution in [0.3, 0.4) is 0 Å². The number of amides is 1. The van der Waals surface area contributed by atoms with Crippen LogP contribution >= 0.6 is 11.6 Å². The zero-order chi connectivity index (χ0) is 15.0. The van der Waals surface area contributed by atoms with E-state index < -0.39 is 5.91 Å². The number of carbonyl (C=O) groups excluding carboxylic acids is 1. The minimum absolute atomic E-state index is 0.457. The van der Waals surface area contributed by atoms with Crippen LogP contribution in [0.15, 0.2) is 42.5 Å². The smallest absolute Gasteiger partial charge is 0.253 e. The van der Waals surface area contributed by atoms with E-state index in [0.717, 1.165) is 22.0 Å².